The molecule has 0 radical (unpaired) electrons. The fourth-order valence-corrected chi connectivity index (χ4v) is 4.91. The molecule has 3 rings (SSSR count). The Kier molecular flexibility index (Phi) is 3.71. The lowest BCUT2D eigenvalue weighted by Gasteiger charge is -2.19. The molecule has 20 heavy (non-hydrogen) atoms. The molecule has 0 saturated heterocycles. The maximum Gasteiger partial charge on any atom is 0.150 e. The van der Waals surface area contributed by atoms with Gasteiger partial charge in [-0.15, -0.1) is 11.3 Å². The van der Waals surface area contributed by atoms with Crippen molar-refractivity contribution in [2.45, 2.75) is 44.0 Å². The van der Waals surface area contributed by atoms with Gasteiger partial charge >= 0.3 is 0 Å². The molecule has 2 aromatic rings. The summed E-state index contributed by atoms with van der Waals surface area (Å²) in [4.78, 5) is 4.60. The van der Waals surface area contributed by atoms with E-state index in [9.17, 15) is 0 Å². The minimum absolute atomic E-state index is 0.470. The maximum atomic E-state index is 4.60. The van der Waals surface area contributed by atoms with Gasteiger partial charge in [0.2, 0.25) is 0 Å². The molecule has 4 heteroatoms. The van der Waals surface area contributed by atoms with Gasteiger partial charge < -0.3 is 5.32 Å². The maximum absolute atomic E-state index is 4.60. The van der Waals surface area contributed by atoms with Gasteiger partial charge in [0.25, 0.3) is 0 Å². The molecule has 108 valence electrons. The Morgan fingerprint density at radius 1 is 1.35 bits per heavy atom. The van der Waals surface area contributed by atoms with E-state index in [2.05, 4.69) is 55.5 Å². The van der Waals surface area contributed by atoms with Gasteiger partial charge in [-0.05, 0) is 48.6 Å². The van der Waals surface area contributed by atoms with Gasteiger partial charge in [0, 0.05) is 11.7 Å². The van der Waals surface area contributed by atoms with Crippen molar-refractivity contribution in [2.24, 2.45) is 11.3 Å². The van der Waals surface area contributed by atoms with Crippen molar-refractivity contribution in [3.63, 3.8) is 0 Å². The average molecular weight is 306 g/mol. The lowest BCUT2D eigenvalue weighted by atomic mass is 9.91. The summed E-state index contributed by atoms with van der Waals surface area (Å²) in [7, 11) is 0. The molecule has 1 aromatic carbocycles. The highest BCUT2D eigenvalue weighted by atomic mass is 32.2. The van der Waals surface area contributed by atoms with Crippen LogP contribution in [0.4, 0.5) is 5.69 Å². The highest BCUT2D eigenvalue weighted by molar-refractivity contribution is 8.00. The van der Waals surface area contributed by atoms with E-state index in [1.165, 1.54) is 23.2 Å². The highest BCUT2D eigenvalue weighted by Gasteiger charge is 2.36. The van der Waals surface area contributed by atoms with Gasteiger partial charge in [0.15, 0.2) is 4.34 Å². The van der Waals surface area contributed by atoms with E-state index in [-0.39, 0.29) is 0 Å². The van der Waals surface area contributed by atoms with E-state index >= 15 is 0 Å². The second kappa shape index (κ2) is 5.23. The van der Waals surface area contributed by atoms with Crippen molar-refractivity contribution >= 4 is 39.0 Å². The third-order valence-electron chi connectivity index (χ3n) is 4.23. The van der Waals surface area contributed by atoms with Crippen LogP contribution < -0.4 is 5.32 Å². The van der Waals surface area contributed by atoms with E-state index in [1.54, 1.807) is 23.1 Å². The average Bonchev–Trinajstić information content (AvgIpc) is 2.89. The highest BCUT2D eigenvalue weighted by Crippen LogP contribution is 2.42. The summed E-state index contributed by atoms with van der Waals surface area (Å²) in [5, 5.41) is 3.74. The summed E-state index contributed by atoms with van der Waals surface area (Å²) in [5.74, 6) is 0.740. The number of fused-ring (bicyclic) bond motifs is 1. The van der Waals surface area contributed by atoms with Gasteiger partial charge in [-0.3, -0.25) is 0 Å². The van der Waals surface area contributed by atoms with Crippen molar-refractivity contribution in [3.8, 4) is 0 Å². The van der Waals surface area contributed by atoms with E-state index in [0.29, 0.717) is 11.5 Å². The van der Waals surface area contributed by atoms with Crippen molar-refractivity contribution in [2.75, 3.05) is 11.6 Å². The minimum atomic E-state index is 0.470. The second-order valence-electron chi connectivity index (χ2n) is 6.67. The van der Waals surface area contributed by atoms with Crippen LogP contribution in [0.2, 0.25) is 0 Å². The quantitative estimate of drug-likeness (QED) is 0.783. The number of aromatic nitrogens is 1. The van der Waals surface area contributed by atoms with Gasteiger partial charge in [-0.2, -0.15) is 0 Å². The first-order valence-corrected chi connectivity index (χ1v) is 9.22. The van der Waals surface area contributed by atoms with E-state index in [0.717, 1.165) is 15.8 Å². The Balaban J connectivity index is 1.81. The van der Waals surface area contributed by atoms with Crippen LogP contribution in [0.15, 0.2) is 22.5 Å². The van der Waals surface area contributed by atoms with Crippen molar-refractivity contribution in [3.05, 3.63) is 18.2 Å². The molecular formula is C16H22N2S2. The number of hydrogen-bond acceptors (Lipinski definition) is 4. The Bertz CT molecular complexity index is 618. The predicted molar refractivity (Wildman–Crippen MR) is 91.0 cm³/mol. The van der Waals surface area contributed by atoms with E-state index < -0.39 is 0 Å². The summed E-state index contributed by atoms with van der Waals surface area (Å²) in [6, 6.07) is 7.16. The summed E-state index contributed by atoms with van der Waals surface area (Å²) in [5.41, 5.74) is 2.82. The van der Waals surface area contributed by atoms with Crippen LogP contribution in [-0.2, 0) is 0 Å². The molecule has 1 N–H and O–H groups in total. The van der Waals surface area contributed by atoms with Crippen LogP contribution in [0, 0.1) is 11.3 Å². The Morgan fingerprint density at radius 2 is 2.15 bits per heavy atom. The lowest BCUT2D eigenvalue weighted by molar-refractivity contribution is 0.366. The zero-order valence-electron chi connectivity index (χ0n) is 12.6. The van der Waals surface area contributed by atoms with Gasteiger partial charge in [-0.1, -0.05) is 32.5 Å². The van der Waals surface area contributed by atoms with Crippen molar-refractivity contribution in [1.29, 1.82) is 0 Å². The Labute approximate surface area is 129 Å². The molecule has 1 aromatic heterocycles. The fraction of sp³-hybridized carbons (Fsp3) is 0.562. The van der Waals surface area contributed by atoms with Crippen LogP contribution in [-0.4, -0.2) is 17.3 Å². The third-order valence-corrected chi connectivity index (χ3v) is 6.23. The molecule has 0 amide bonds. The standard InChI is InChI=1S/C16H22N2S2/c1-10-8-16(2,3)9-13(10)17-11-5-6-12-14(7-11)20-15(18-12)19-4/h5-7,10,13,17H,8-9H2,1-4H3. The number of anilines is 1. The molecule has 1 aliphatic carbocycles. The van der Waals surface area contributed by atoms with Crippen molar-refractivity contribution < 1.29 is 0 Å². The first-order chi connectivity index (χ1) is 9.47. The largest absolute Gasteiger partial charge is 0.382 e. The van der Waals surface area contributed by atoms with Crippen LogP contribution >= 0.6 is 23.1 Å². The zero-order valence-corrected chi connectivity index (χ0v) is 14.2. The van der Waals surface area contributed by atoms with Crippen LogP contribution in [0.5, 0.6) is 0 Å². The van der Waals surface area contributed by atoms with Crippen LogP contribution in [0.1, 0.15) is 33.6 Å². The number of nitrogens with one attached hydrogen (secondary N) is 1. The molecule has 1 saturated carbocycles. The monoisotopic (exact) mass is 306 g/mol. The molecule has 0 spiro atoms. The third kappa shape index (κ3) is 2.82. The Hall–Kier alpha value is -0.740. The number of hydrogen-bond donors (Lipinski definition) is 1. The number of benzene rings is 1. The predicted octanol–water partition coefficient (Wildman–Crippen LogP) is 5.25. The normalized spacial score (nSPS) is 25.2. The molecule has 1 fully saturated rings. The molecule has 2 atom stereocenters. The Morgan fingerprint density at radius 3 is 2.80 bits per heavy atom. The zero-order chi connectivity index (χ0) is 14.3. The summed E-state index contributed by atoms with van der Waals surface area (Å²) >= 11 is 3.50. The van der Waals surface area contributed by atoms with Gasteiger partial charge in [0.05, 0.1) is 10.2 Å². The molecule has 2 unspecified atom stereocenters. The summed E-state index contributed by atoms with van der Waals surface area (Å²) < 4.78 is 2.43. The lowest BCUT2D eigenvalue weighted by Crippen LogP contribution is -2.22. The van der Waals surface area contributed by atoms with E-state index in [4.69, 9.17) is 0 Å². The molecule has 0 aliphatic heterocycles. The van der Waals surface area contributed by atoms with Crippen molar-refractivity contribution in [1.82, 2.24) is 4.98 Å². The topological polar surface area (TPSA) is 24.9 Å². The fourth-order valence-electron chi connectivity index (χ4n) is 3.38. The molecular weight excluding hydrogens is 284 g/mol. The van der Waals surface area contributed by atoms with E-state index in [1.807, 2.05) is 0 Å². The van der Waals surface area contributed by atoms with Crippen LogP contribution in [0.25, 0.3) is 10.2 Å². The molecule has 1 heterocycles. The smallest absolute Gasteiger partial charge is 0.150 e. The summed E-state index contributed by atoms with van der Waals surface area (Å²) in [6.45, 7) is 7.12. The molecule has 2 nitrogen and oxygen atoms in total. The molecule has 0 bridgehead atoms. The van der Waals surface area contributed by atoms with Crippen LogP contribution in [0.3, 0.4) is 0 Å². The number of rotatable bonds is 3. The first kappa shape index (κ1) is 14.2. The van der Waals surface area contributed by atoms with Gasteiger partial charge in [0.1, 0.15) is 0 Å². The molecule has 1 aliphatic rings. The first-order valence-electron chi connectivity index (χ1n) is 7.18. The minimum Gasteiger partial charge on any atom is -0.382 e. The second-order valence-corrected chi connectivity index (χ2v) is 8.75. The number of thioether (sulfide) groups is 1. The number of nitrogens with zero attached hydrogens (tertiary/aromatic N) is 1. The SMILES string of the molecule is CSc1nc2ccc(NC3CC(C)(C)CC3C)cc2s1. The van der Waals surface area contributed by atoms with Gasteiger partial charge in [-0.25, -0.2) is 4.98 Å². The summed E-state index contributed by atoms with van der Waals surface area (Å²) in [6.07, 6.45) is 4.65. The number of thiazole rings is 1.